The Kier molecular flexibility index (Phi) is 7.86. The Morgan fingerprint density at radius 1 is 1.18 bits per heavy atom. The maximum Gasteiger partial charge on any atom is 0.255 e. The maximum atomic E-state index is 14.9. The molecule has 1 fully saturated rings. The number of hydrogen-bond acceptors (Lipinski definition) is 5. The van der Waals surface area contributed by atoms with Crippen LogP contribution in [0.3, 0.4) is 0 Å². The van der Waals surface area contributed by atoms with Crippen LogP contribution in [0.25, 0.3) is 0 Å². The Hall–Kier alpha value is -3.88. The fourth-order valence-corrected chi connectivity index (χ4v) is 4.71. The number of carbonyl (C=O) groups excluding carboxylic acids is 1. The molecule has 0 radical (unpaired) electrons. The number of carbonyl (C=O) groups is 1. The zero-order valence-corrected chi connectivity index (χ0v) is 22.3. The van der Waals surface area contributed by atoms with Gasteiger partial charge in [0.05, 0.1) is 50.6 Å². The number of ether oxygens (including phenoxy) is 2. The molecule has 1 atom stereocenters. The Morgan fingerprint density at radius 3 is 2.69 bits per heavy atom. The molecule has 4 aromatic rings. The number of nitrogens with one attached hydrogen (secondary N) is 1. The van der Waals surface area contributed by atoms with Crippen molar-refractivity contribution < 1.29 is 23.0 Å². The summed E-state index contributed by atoms with van der Waals surface area (Å²) in [5, 5.41) is 8.00. The predicted octanol–water partition coefficient (Wildman–Crippen LogP) is 2.97. The Morgan fingerprint density at radius 2 is 2.00 bits per heavy atom. The molecule has 1 unspecified atom stereocenters. The molecule has 2 aromatic carbocycles. The summed E-state index contributed by atoms with van der Waals surface area (Å²) in [4.78, 5) is 25.1. The van der Waals surface area contributed by atoms with Crippen LogP contribution in [-0.4, -0.2) is 40.6 Å². The minimum absolute atomic E-state index is 0.0380. The Balaban J connectivity index is 1.33. The van der Waals surface area contributed by atoms with Gasteiger partial charge in [0.2, 0.25) is 0 Å². The van der Waals surface area contributed by atoms with E-state index in [1.54, 1.807) is 47.4 Å². The van der Waals surface area contributed by atoms with Crippen LogP contribution < -0.4 is 20.9 Å². The Bertz CT molecular complexity index is 1580. The van der Waals surface area contributed by atoms with Crippen molar-refractivity contribution in [2.75, 3.05) is 20.3 Å². The molecule has 1 amide bonds. The highest BCUT2D eigenvalue weighted by Gasteiger charge is 2.29. The molecule has 3 heterocycles. The van der Waals surface area contributed by atoms with Gasteiger partial charge in [-0.05, 0) is 29.1 Å². The second-order valence-corrected chi connectivity index (χ2v) is 9.91. The summed E-state index contributed by atoms with van der Waals surface area (Å²) in [5.41, 5.74) is 2.07. The van der Waals surface area contributed by atoms with Gasteiger partial charge < -0.3 is 19.4 Å². The van der Waals surface area contributed by atoms with Crippen LogP contribution in [0.2, 0.25) is 0 Å². The van der Waals surface area contributed by atoms with Gasteiger partial charge in [-0.3, -0.25) is 14.3 Å². The third kappa shape index (κ3) is 5.77. The molecule has 1 N–H and O–H groups in total. The van der Waals surface area contributed by atoms with Crippen LogP contribution in [-0.2, 0) is 24.4 Å². The number of halogens is 2. The highest BCUT2D eigenvalue weighted by atomic mass is 31.0. The SMILES string of the molecule is COc1ccc(P)c(CNC(=O)c2cn(Cc3ccc(Cn4ccccc4=O)c(F)c3)nc2C2COC2)c1F. The predicted molar refractivity (Wildman–Crippen MR) is 145 cm³/mol. The summed E-state index contributed by atoms with van der Waals surface area (Å²) in [7, 11) is 3.84. The van der Waals surface area contributed by atoms with Crippen LogP contribution >= 0.6 is 9.24 Å². The van der Waals surface area contributed by atoms with E-state index in [2.05, 4.69) is 19.7 Å². The van der Waals surface area contributed by atoms with E-state index < -0.39 is 17.5 Å². The highest BCUT2D eigenvalue weighted by molar-refractivity contribution is 7.27. The van der Waals surface area contributed by atoms with E-state index in [9.17, 15) is 18.4 Å². The molecule has 11 heteroatoms. The topological polar surface area (TPSA) is 87.4 Å². The van der Waals surface area contributed by atoms with Gasteiger partial charge in [0.15, 0.2) is 11.6 Å². The van der Waals surface area contributed by atoms with Crippen LogP contribution in [0, 0.1) is 11.6 Å². The van der Waals surface area contributed by atoms with E-state index in [-0.39, 0.29) is 36.9 Å². The lowest BCUT2D eigenvalue weighted by atomic mass is 10.00. The third-order valence-corrected chi connectivity index (χ3v) is 7.19. The molecule has 0 aliphatic carbocycles. The van der Waals surface area contributed by atoms with Crippen molar-refractivity contribution in [1.29, 1.82) is 0 Å². The van der Waals surface area contributed by atoms with Crippen molar-refractivity contribution in [2.24, 2.45) is 0 Å². The molecule has 8 nitrogen and oxygen atoms in total. The van der Waals surface area contributed by atoms with E-state index in [0.717, 1.165) is 0 Å². The zero-order valence-electron chi connectivity index (χ0n) is 21.2. The average molecular weight is 553 g/mol. The van der Waals surface area contributed by atoms with E-state index in [4.69, 9.17) is 9.47 Å². The van der Waals surface area contributed by atoms with Gasteiger partial charge in [-0.15, -0.1) is 9.24 Å². The molecular weight excluding hydrogens is 525 g/mol. The first kappa shape index (κ1) is 26.7. The molecule has 1 aliphatic rings. The number of aromatic nitrogens is 3. The molecule has 5 rings (SSSR count). The van der Waals surface area contributed by atoms with Crippen molar-refractivity contribution in [2.45, 2.75) is 25.6 Å². The van der Waals surface area contributed by atoms with Crippen LogP contribution in [0.4, 0.5) is 8.78 Å². The summed E-state index contributed by atoms with van der Waals surface area (Å²) >= 11 is 0. The van der Waals surface area contributed by atoms with Gasteiger partial charge >= 0.3 is 0 Å². The molecule has 0 spiro atoms. The van der Waals surface area contributed by atoms with Gasteiger partial charge in [0, 0.05) is 36.1 Å². The molecule has 39 heavy (non-hydrogen) atoms. The highest BCUT2D eigenvalue weighted by Crippen LogP contribution is 2.27. The van der Waals surface area contributed by atoms with Crippen molar-refractivity contribution >= 4 is 20.5 Å². The fraction of sp³-hybridized carbons (Fsp3) is 0.250. The number of benzene rings is 2. The summed E-state index contributed by atoms with van der Waals surface area (Å²) in [6.07, 6.45) is 3.22. The number of rotatable bonds is 9. The summed E-state index contributed by atoms with van der Waals surface area (Å²) in [5.74, 6) is -1.31. The largest absolute Gasteiger partial charge is 0.494 e. The standard InChI is InChI=1S/C28H27F2N4O4P/c1-37-23-7-8-24(39)20(26(23)30)11-31-28(36)21-14-34(32-27(21)19-15-38-16-19)12-17-5-6-18(22(29)10-17)13-33-9-3-2-4-25(33)35/h2-10,14,19H,11-13,15-16,39H2,1H3,(H,31,36). The lowest BCUT2D eigenvalue weighted by Crippen LogP contribution is -2.30. The minimum Gasteiger partial charge on any atom is -0.494 e. The van der Waals surface area contributed by atoms with Crippen molar-refractivity contribution in [1.82, 2.24) is 19.7 Å². The normalized spacial score (nSPS) is 13.2. The van der Waals surface area contributed by atoms with Gasteiger partial charge in [0.1, 0.15) is 5.82 Å². The van der Waals surface area contributed by atoms with E-state index >= 15 is 0 Å². The quantitative estimate of drug-likeness (QED) is 0.323. The maximum absolute atomic E-state index is 14.9. The van der Waals surface area contributed by atoms with Crippen molar-refractivity contribution in [3.63, 3.8) is 0 Å². The first-order valence-corrected chi connectivity index (χ1v) is 12.9. The third-order valence-electron chi connectivity index (χ3n) is 6.65. The fourth-order valence-electron chi connectivity index (χ4n) is 4.38. The zero-order chi connectivity index (χ0) is 27.5. The molecule has 0 saturated carbocycles. The summed E-state index contributed by atoms with van der Waals surface area (Å²) in [6, 6.07) is 12.8. The summed E-state index contributed by atoms with van der Waals surface area (Å²) < 4.78 is 43.0. The van der Waals surface area contributed by atoms with Gasteiger partial charge in [-0.1, -0.05) is 24.3 Å². The molecule has 2 aromatic heterocycles. The Labute approximate surface area is 225 Å². The second kappa shape index (κ2) is 11.5. The average Bonchev–Trinajstić information content (AvgIpc) is 3.28. The summed E-state index contributed by atoms with van der Waals surface area (Å²) in [6.45, 7) is 1.20. The molecule has 1 aliphatic heterocycles. The van der Waals surface area contributed by atoms with E-state index in [1.165, 1.54) is 29.9 Å². The van der Waals surface area contributed by atoms with E-state index in [1.807, 2.05) is 0 Å². The number of methoxy groups -OCH3 is 1. The van der Waals surface area contributed by atoms with E-state index in [0.29, 0.717) is 46.5 Å². The molecular formula is C28H27F2N4O4P. The number of amides is 1. The first-order chi connectivity index (χ1) is 18.8. The number of hydrogen-bond donors (Lipinski definition) is 1. The van der Waals surface area contributed by atoms with Crippen molar-refractivity contribution in [3.8, 4) is 5.75 Å². The minimum atomic E-state index is -0.531. The van der Waals surface area contributed by atoms with Crippen molar-refractivity contribution in [3.05, 3.63) is 111 Å². The molecule has 1 saturated heterocycles. The van der Waals surface area contributed by atoms with Crippen LogP contribution in [0.1, 0.15) is 38.7 Å². The van der Waals surface area contributed by atoms with Gasteiger partial charge in [0.25, 0.3) is 11.5 Å². The van der Waals surface area contributed by atoms with Crippen LogP contribution in [0.15, 0.2) is 65.7 Å². The van der Waals surface area contributed by atoms with Gasteiger partial charge in [-0.2, -0.15) is 5.10 Å². The lowest BCUT2D eigenvalue weighted by Gasteiger charge is -2.25. The van der Waals surface area contributed by atoms with Gasteiger partial charge in [-0.25, -0.2) is 8.78 Å². The second-order valence-electron chi connectivity index (χ2n) is 9.28. The molecule has 202 valence electrons. The first-order valence-electron chi connectivity index (χ1n) is 12.3. The lowest BCUT2D eigenvalue weighted by molar-refractivity contribution is 0.00620. The number of pyridine rings is 1. The monoisotopic (exact) mass is 552 g/mol. The number of nitrogens with zero attached hydrogens (tertiary/aromatic N) is 3. The molecule has 0 bridgehead atoms. The van der Waals surface area contributed by atoms with Crippen LogP contribution in [0.5, 0.6) is 5.75 Å². The smallest absolute Gasteiger partial charge is 0.255 e.